The molecule has 1 aromatic rings. The topological polar surface area (TPSA) is 0 Å². The van der Waals surface area contributed by atoms with Gasteiger partial charge >= 0.3 is 0 Å². The third kappa shape index (κ3) is 6.39. The Morgan fingerprint density at radius 2 is 1.32 bits per heavy atom. The molecule has 156 valence electrons. The Balaban J connectivity index is 1.31. The molecule has 0 nitrogen and oxygen atoms in total. The van der Waals surface area contributed by atoms with Crippen LogP contribution in [0.3, 0.4) is 0 Å². The van der Waals surface area contributed by atoms with Gasteiger partial charge in [-0.15, -0.1) is 0 Å². The Labute approximate surface area is 168 Å². The summed E-state index contributed by atoms with van der Waals surface area (Å²) in [6.07, 6.45) is 18.4. The van der Waals surface area contributed by atoms with E-state index in [1.807, 2.05) is 0 Å². The van der Waals surface area contributed by atoms with Gasteiger partial charge in [-0.25, -0.2) is 13.2 Å². The lowest BCUT2D eigenvalue weighted by molar-refractivity contribution is 0.223. The van der Waals surface area contributed by atoms with Crippen LogP contribution in [0.25, 0.3) is 0 Å². The Bertz CT molecular complexity index is 608. The normalized spacial score (nSPS) is 28.7. The maximum atomic E-state index is 13.5. The molecule has 2 aliphatic rings. The summed E-state index contributed by atoms with van der Waals surface area (Å²) >= 11 is 0. The number of unbranched alkanes of at least 4 members (excludes halogenated alkanes) is 1. The number of allylic oxidation sites excluding steroid dienone is 1. The fraction of sp³-hybridized carbons (Fsp3) is 0.680. The van der Waals surface area contributed by atoms with Crippen molar-refractivity contribution in [3.05, 3.63) is 47.8 Å². The van der Waals surface area contributed by atoms with Crippen LogP contribution in [0.1, 0.15) is 95.0 Å². The van der Waals surface area contributed by atoms with Crippen molar-refractivity contribution in [2.45, 2.75) is 89.4 Å². The van der Waals surface area contributed by atoms with E-state index in [0.717, 1.165) is 49.0 Å². The largest absolute Gasteiger partial charge is 0.216 e. The summed E-state index contributed by atoms with van der Waals surface area (Å²) in [4.78, 5) is 0. The first kappa shape index (κ1) is 21.5. The molecule has 0 unspecified atom stereocenters. The first-order chi connectivity index (χ1) is 13.7. The predicted octanol–water partition coefficient (Wildman–Crippen LogP) is 8.48. The van der Waals surface area contributed by atoms with Crippen molar-refractivity contribution in [3.8, 4) is 0 Å². The van der Waals surface area contributed by atoms with E-state index in [4.69, 9.17) is 0 Å². The summed E-state index contributed by atoms with van der Waals surface area (Å²) < 4.78 is 38.6. The van der Waals surface area contributed by atoms with E-state index >= 15 is 0 Å². The Kier molecular flexibility index (Phi) is 8.48. The second-order valence-electron chi connectivity index (χ2n) is 9.15. The quantitative estimate of drug-likeness (QED) is 0.389. The van der Waals surface area contributed by atoms with Crippen LogP contribution in [-0.4, -0.2) is 0 Å². The highest BCUT2D eigenvalue weighted by molar-refractivity contribution is 5.22. The van der Waals surface area contributed by atoms with E-state index in [2.05, 4.69) is 0 Å². The molecule has 2 saturated carbocycles. The van der Waals surface area contributed by atoms with Gasteiger partial charge in [0.25, 0.3) is 0 Å². The van der Waals surface area contributed by atoms with E-state index in [9.17, 15) is 13.2 Å². The first-order valence-corrected chi connectivity index (χ1v) is 11.4. The van der Waals surface area contributed by atoms with Crippen molar-refractivity contribution in [3.63, 3.8) is 0 Å². The summed E-state index contributed by atoms with van der Waals surface area (Å²) in [5, 5.41) is 0. The van der Waals surface area contributed by atoms with Gasteiger partial charge in [-0.1, -0.05) is 57.1 Å². The molecular weight excluding hydrogens is 357 g/mol. The zero-order valence-corrected chi connectivity index (χ0v) is 17.0. The molecule has 3 heteroatoms. The predicted molar refractivity (Wildman–Crippen MR) is 110 cm³/mol. The number of hydrogen-bond donors (Lipinski definition) is 0. The smallest absolute Gasteiger partial charge is 0.159 e. The van der Waals surface area contributed by atoms with E-state index in [1.54, 1.807) is 12.1 Å². The fourth-order valence-electron chi connectivity index (χ4n) is 5.42. The standard InChI is InChI=1S/C25H35F3/c26-17-3-1-2-4-19-5-7-20(8-6-19)9-10-21-11-13-22(14-12-21)23-15-16-24(27)25(28)18-23/h3,15-22H,1-2,4-14H2/b17-3+. The minimum Gasteiger partial charge on any atom is -0.216 e. The molecule has 0 radical (unpaired) electrons. The van der Waals surface area contributed by atoms with Crippen molar-refractivity contribution < 1.29 is 13.2 Å². The van der Waals surface area contributed by atoms with E-state index < -0.39 is 11.6 Å². The summed E-state index contributed by atoms with van der Waals surface area (Å²) in [7, 11) is 0. The number of benzene rings is 1. The van der Waals surface area contributed by atoms with Gasteiger partial charge in [-0.3, -0.25) is 0 Å². The van der Waals surface area contributed by atoms with Crippen molar-refractivity contribution in [1.82, 2.24) is 0 Å². The van der Waals surface area contributed by atoms with E-state index in [0.29, 0.717) is 12.2 Å². The summed E-state index contributed by atoms with van der Waals surface area (Å²) in [6.45, 7) is 0. The number of rotatable bonds is 8. The third-order valence-corrected chi connectivity index (χ3v) is 7.28. The van der Waals surface area contributed by atoms with Gasteiger partial charge in [0.2, 0.25) is 0 Å². The maximum Gasteiger partial charge on any atom is 0.159 e. The highest BCUT2D eigenvalue weighted by Crippen LogP contribution is 2.40. The van der Waals surface area contributed by atoms with Crippen LogP contribution in [-0.2, 0) is 0 Å². The van der Waals surface area contributed by atoms with E-state index in [-0.39, 0.29) is 0 Å². The lowest BCUT2D eigenvalue weighted by Gasteiger charge is -2.32. The average molecular weight is 393 g/mol. The van der Waals surface area contributed by atoms with Crippen LogP contribution in [0.5, 0.6) is 0 Å². The Morgan fingerprint density at radius 1 is 0.750 bits per heavy atom. The lowest BCUT2D eigenvalue weighted by atomic mass is 9.74. The summed E-state index contributed by atoms with van der Waals surface area (Å²) in [5.41, 5.74) is 0.970. The number of halogens is 3. The third-order valence-electron chi connectivity index (χ3n) is 7.28. The molecule has 0 amide bonds. The molecule has 0 atom stereocenters. The molecule has 0 N–H and O–H groups in total. The van der Waals surface area contributed by atoms with Gasteiger partial charge < -0.3 is 0 Å². The van der Waals surface area contributed by atoms with Gasteiger partial charge in [0, 0.05) is 0 Å². The van der Waals surface area contributed by atoms with Gasteiger partial charge in [-0.2, -0.15) is 0 Å². The number of hydrogen-bond acceptors (Lipinski definition) is 0. The van der Waals surface area contributed by atoms with Crippen LogP contribution in [0, 0.1) is 29.4 Å². The molecule has 3 rings (SSSR count). The van der Waals surface area contributed by atoms with Gasteiger partial charge in [0.1, 0.15) is 0 Å². The zero-order valence-electron chi connectivity index (χ0n) is 17.0. The Morgan fingerprint density at radius 3 is 1.89 bits per heavy atom. The molecule has 0 bridgehead atoms. The Hall–Kier alpha value is -1.25. The minimum atomic E-state index is -0.747. The second kappa shape index (κ2) is 11.1. The first-order valence-electron chi connectivity index (χ1n) is 11.4. The van der Waals surface area contributed by atoms with Crippen molar-refractivity contribution in [1.29, 1.82) is 0 Å². The van der Waals surface area contributed by atoms with Crippen LogP contribution < -0.4 is 0 Å². The molecule has 0 saturated heterocycles. The summed E-state index contributed by atoms with van der Waals surface area (Å²) in [6, 6.07) is 4.42. The van der Waals surface area contributed by atoms with Gasteiger partial charge in [0.05, 0.1) is 6.33 Å². The molecular formula is C25H35F3. The zero-order chi connectivity index (χ0) is 19.8. The second-order valence-corrected chi connectivity index (χ2v) is 9.15. The van der Waals surface area contributed by atoms with Crippen molar-refractivity contribution in [2.24, 2.45) is 17.8 Å². The molecule has 0 aromatic heterocycles. The van der Waals surface area contributed by atoms with Crippen molar-refractivity contribution >= 4 is 0 Å². The highest BCUT2D eigenvalue weighted by Gasteiger charge is 2.25. The van der Waals surface area contributed by atoms with Crippen LogP contribution in [0.4, 0.5) is 13.2 Å². The molecule has 1 aromatic carbocycles. The lowest BCUT2D eigenvalue weighted by Crippen LogP contribution is -2.18. The molecule has 2 fully saturated rings. The molecule has 2 aliphatic carbocycles. The molecule has 0 heterocycles. The van der Waals surface area contributed by atoms with E-state index in [1.165, 1.54) is 69.9 Å². The maximum absolute atomic E-state index is 13.5. The highest BCUT2D eigenvalue weighted by atomic mass is 19.2. The minimum absolute atomic E-state index is 0.397. The summed E-state index contributed by atoms with van der Waals surface area (Å²) in [5.74, 6) is 1.50. The average Bonchev–Trinajstić information content (AvgIpc) is 2.73. The van der Waals surface area contributed by atoms with Gasteiger partial charge in [0.15, 0.2) is 11.6 Å². The van der Waals surface area contributed by atoms with Crippen molar-refractivity contribution in [2.75, 3.05) is 0 Å². The van der Waals surface area contributed by atoms with Crippen LogP contribution in [0.2, 0.25) is 0 Å². The fourth-order valence-corrected chi connectivity index (χ4v) is 5.42. The van der Waals surface area contributed by atoms with Crippen LogP contribution >= 0.6 is 0 Å². The molecule has 0 aliphatic heterocycles. The molecule has 28 heavy (non-hydrogen) atoms. The molecule has 0 spiro atoms. The van der Waals surface area contributed by atoms with Gasteiger partial charge in [-0.05, 0) is 79.9 Å². The monoisotopic (exact) mass is 392 g/mol. The van der Waals surface area contributed by atoms with Crippen LogP contribution in [0.15, 0.2) is 30.6 Å². The SMILES string of the molecule is F/C=C/CCCC1CCC(CCC2CCC(c3ccc(F)c(F)c3)CC2)CC1.